The monoisotopic (exact) mass is 329 g/mol. The van der Waals surface area contributed by atoms with E-state index < -0.39 is 0 Å². The van der Waals surface area contributed by atoms with E-state index in [1.807, 2.05) is 12.3 Å². The van der Waals surface area contributed by atoms with Gasteiger partial charge in [0.25, 0.3) is 0 Å². The van der Waals surface area contributed by atoms with E-state index in [2.05, 4.69) is 55.1 Å². The van der Waals surface area contributed by atoms with Crippen molar-refractivity contribution in [1.29, 1.82) is 0 Å². The van der Waals surface area contributed by atoms with E-state index in [4.69, 9.17) is 0 Å². The maximum atomic E-state index is 4.65. The zero-order valence-electron chi connectivity index (χ0n) is 11.1. The van der Waals surface area contributed by atoms with Crippen LogP contribution in [0.5, 0.6) is 0 Å². The molecule has 0 amide bonds. The minimum Gasteiger partial charge on any atom is -0.321 e. The summed E-state index contributed by atoms with van der Waals surface area (Å²) in [6, 6.07) is 11.1. The second-order valence-electron chi connectivity index (χ2n) is 5.38. The molecule has 1 unspecified atom stereocenters. The topological polar surface area (TPSA) is 29.9 Å². The number of fused-ring (bicyclic) bond motifs is 3. The highest BCUT2D eigenvalue weighted by atomic mass is 79.9. The molecule has 3 aromatic rings. The minimum absolute atomic E-state index is 0.493. The molecule has 1 fully saturated rings. The Bertz CT molecular complexity index is 772. The van der Waals surface area contributed by atoms with Gasteiger partial charge in [0.2, 0.25) is 0 Å². The number of hydrogen-bond acceptors (Lipinski definition) is 2. The lowest BCUT2D eigenvalue weighted by atomic mass is 10.1. The van der Waals surface area contributed by atoms with Crippen molar-refractivity contribution in [3.63, 3.8) is 0 Å². The summed E-state index contributed by atoms with van der Waals surface area (Å²) >= 11 is 3.70. The van der Waals surface area contributed by atoms with E-state index in [0.29, 0.717) is 6.04 Å². The number of hydrogen-bond donors (Lipinski definition) is 1. The first-order valence-electron chi connectivity index (χ1n) is 7.10. The van der Waals surface area contributed by atoms with Gasteiger partial charge in [-0.15, -0.1) is 0 Å². The van der Waals surface area contributed by atoms with Crippen molar-refractivity contribution >= 4 is 37.9 Å². The Morgan fingerprint density at radius 3 is 3.05 bits per heavy atom. The number of benzene rings is 1. The van der Waals surface area contributed by atoms with Crippen LogP contribution in [-0.4, -0.2) is 22.6 Å². The molecule has 0 bridgehead atoms. The normalized spacial score (nSPS) is 19.8. The van der Waals surface area contributed by atoms with Crippen LogP contribution in [0.15, 0.2) is 41.0 Å². The number of nitrogens with one attached hydrogen (secondary N) is 1. The van der Waals surface area contributed by atoms with Crippen LogP contribution in [0.2, 0.25) is 0 Å². The van der Waals surface area contributed by atoms with Crippen molar-refractivity contribution in [2.45, 2.75) is 18.9 Å². The first kappa shape index (κ1) is 12.4. The number of rotatable bonds is 1. The van der Waals surface area contributed by atoms with Gasteiger partial charge < -0.3 is 9.88 Å². The number of pyridine rings is 1. The van der Waals surface area contributed by atoms with Gasteiger partial charge in [-0.25, -0.2) is 4.98 Å². The van der Waals surface area contributed by atoms with Crippen LogP contribution in [0, 0.1) is 0 Å². The lowest BCUT2D eigenvalue weighted by Crippen LogP contribution is -2.31. The molecule has 1 aromatic carbocycles. The Labute approximate surface area is 126 Å². The molecule has 2 aromatic heterocycles. The van der Waals surface area contributed by atoms with Crippen molar-refractivity contribution in [3.05, 3.63) is 41.0 Å². The van der Waals surface area contributed by atoms with Crippen LogP contribution in [0.4, 0.5) is 0 Å². The molecule has 1 atom stereocenters. The smallest absolute Gasteiger partial charge is 0.141 e. The van der Waals surface area contributed by atoms with E-state index in [1.54, 1.807) is 0 Å². The minimum atomic E-state index is 0.493. The van der Waals surface area contributed by atoms with Crippen molar-refractivity contribution in [2.75, 3.05) is 13.1 Å². The van der Waals surface area contributed by atoms with E-state index in [9.17, 15) is 0 Å². The molecule has 3 nitrogen and oxygen atoms in total. The third kappa shape index (κ3) is 1.79. The number of halogens is 1. The molecule has 1 N–H and O–H groups in total. The summed E-state index contributed by atoms with van der Waals surface area (Å²) in [6.45, 7) is 2.16. The summed E-state index contributed by atoms with van der Waals surface area (Å²) in [7, 11) is 0. The molecule has 0 spiro atoms. The molecule has 4 heteroatoms. The second-order valence-corrected chi connectivity index (χ2v) is 6.23. The fourth-order valence-corrected chi connectivity index (χ4v) is 3.87. The van der Waals surface area contributed by atoms with E-state index in [0.717, 1.165) is 23.2 Å². The van der Waals surface area contributed by atoms with Crippen LogP contribution in [-0.2, 0) is 0 Å². The SMILES string of the molecule is Brc1cccc2c1c1cccnc1n2C1CCCNC1. The van der Waals surface area contributed by atoms with Crippen molar-refractivity contribution in [2.24, 2.45) is 0 Å². The van der Waals surface area contributed by atoms with Gasteiger partial charge in [0.15, 0.2) is 0 Å². The number of piperidine rings is 1. The molecule has 1 aliphatic heterocycles. The second kappa shape index (κ2) is 4.86. The average Bonchev–Trinajstić information content (AvgIpc) is 2.84. The fraction of sp³-hybridized carbons (Fsp3) is 0.312. The Kier molecular flexibility index (Phi) is 3.00. The molecule has 1 saturated heterocycles. The van der Waals surface area contributed by atoms with Crippen LogP contribution in [0.1, 0.15) is 18.9 Å². The Hall–Kier alpha value is -1.39. The zero-order chi connectivity index (χ0) is 13.5. The summed E-state index contributed by atoms with van der Waals surface area (Å²) in [5, 5.41) is 6.02. The van der Waals surface area contributed by atoms with Crippen molar-refractivity contribution in [3.8, 4) is 0 Å². The highest BCUT2D eigenvalue weighted by Gasteiger charge is 2.21. The third-order valence-corrected chi connectivity index (χ3v) is 4.83. The van der Waals surface area contributed by atoms with Gasteiger partial charge in [-0.05, 0) is 43.7 Å². The molecule has 1 aliphatic rings. The molecule has 0 radical (unpaired) electrons. The van der Waals surface area contributed by atoms with Gasteiger partial charge in [-0.3, -0.25) is 0 Å². The third-order valence-electron chi connectivity index (χ3n) is 4.17. The highest BCUT2D eigenvalue weighted by molar-refractivity contribution is 9.10. The van der Waals surface area contributed by atoms with Gasteiger partial charge >= 0.3 is 0 Å². The molecule has 0 saturated carbocycles. The van der Waals surface area contributed by atoms with Crippen LogP contribution in [0.3, 0.4) is 0 Å². The summed E-state index contributed by atoms with van der Waals surface area (Å²) in [6.07, 6.45) is 4.34. The predicted octanol–water partition coefficient (Wildman–Crippen LogP) is 3.88. The van der Waals surface area contributed by atoms with Gasteiger partial charge in [0.05, 0.1) is 5.52 Å². The van der Waals surface area contributed by atoms with Crippen LogP contribution >= 0.6 is 15.9 Å². The maximum Gasteiger partial charge on any atom is 0.141 e. The lowest BCUT2D eigenvalue weighted by Gasteiger charge is -2.25. The van der Waals surface area contributed by atoms with Crippen molar-refractivity contribution in [1.82, 2.24) is 14.9 Å². The Balaban J connectivity index is 2.08. The Morgan fingerprint density at radius 2 is 2.20 bits per heavy atom. The van der Waals surface area contributed by atoms with E-state index in [1.165, 1.54) is 29.1 Å². The van der Waals surface area contributed by atoms with Gasteiger partial charge in [-0.2, -0.15) is 0 Å². The summed E-state index contributed by atoms with van der Waals surface area (Å²) in [5.41, 5.74) is 2.38. The van der Waals surface area contributed by atoms with Gasteiger partial charge in [-0.1, -0.05) is 22.0 Å². The zero-order valence-corrected chi connectivity index (χ0v) is 12.7. The summed E-state index contributed by atoms with van der Waals surface area (Å²) < 4.78 is 3.57. The molecular formula is C16H16BrN3. The molecule has 20 heavy (non-hydrogen) atoms. The molecular weight excluding hydrogens is 314 g/mol. The standard InChI is InChI=1S/C16H16BrN3/c17-13-6-1-7-14-15(13)12-5-3-9-19-16(12)20(14)11-4-2-8-18-10-11/h1,3,5-7,9,11,18H,2,4,8,10H2. The molecule has 0 aliphatic carbocycles. The Morgan fingerprint density at radius 1 is 1.25 bits per heavy atom. The predicted molar refractivity (Wildman–Crippen MR) is 86.1 cm³/mol. The summed E-state index contributed by atoms with van der Waals surface area (Å²) in [5.74, 6) is 0. The van der Waals surface area contributed by atoms with E-state index in [-0.39, 0.29) is 0 Å². The van der Waals surface area contributed by atoms with Gasteiger partial charge in [0, 0.05) is 34.0 Å². The first-order valence-corrected chi connectivity index (χ1v) is 7.89. The van der Waals surface area contributed by atoms with Crippen LogP contribution < -0.4 is 5.32 Å². The molecule has 102 valence electrons. The molecule has 3 heterocycles. The quantitative estimate of drug-likeness (QED) is 0.734. The van der Waals surface area contributed by atoms with E-state index >= 15 is 0 Å². The highest BCUT2D eigenvalue weighted by Crippen LogP contribution is 2.36. The molecule has 4 rings (SSSR count). The summed E-state index contributed by atoms with van der Waals surface area (Å²) in [4.78, 5) is 4.65. The van der Waals surface area contributed by atoms with Crippen molar-refractivity contribution < 1.29 is 0 Å². The number of nitrogens with zero attached hydrogens (tertiary/aromatic N) is 2. The fourth-order valence-electron chi connectivity index (χ4n) is 3.30. The number of aromatic nitrogens is 2. The van der Waals surface area contributed by atoms with Crippen LogP contribution in [0.25, 0.3) is 21.9 Å². The first-order chi connectivity index (χ1) is 9.86. The lowest BCUT2D eigenvalue weighted by molar-refractivity contribution is 0.384. The maximum absolute atomic E-state index is 4.65. The average molecular weight is 330 g/mol. The largest absolute Gasteiger partial charge is 0.321 e. The van der Waals surface area contributed by atoms with Gasteiger partial charge in [0.1, 0.15) is 5.65 Å².